The number of hydrogen-bond donors (Lipinski definition) is 1. The van der Waals surface area contributed by atoms with E-state index in [9.17, 15) is 9.59 Å². The highest BCUT2D eigenvalue weighted by Crippen LogP contribution is 2.12. The molecule has 1 rings (SSSR count). The van der Waals surface area contributed by atoms with Gasteiger partial charge in [-0.25, -0.2) is 0 Å². The molecule has 0 aliphatic heterocycles. The zero-order chi connectivity index (χ0) is 15.8. The van der Waals surface area contributed by atoms with E-state index in [1.165, 1.54) is 6.26 Å². The third-order valence-corrected chi connectivity index (χ3v) is 3.41. The quantitative estimate of drug-likeness (QED) is 0.801. The second kappa shape index (κ2) is 8.49. The van der Waals surface area contributed by atoms with Gasteiger partial charge in [0.05, 0.1) is 11.8 Å². The molecular weight excluding hydrogens is 268 g/mol. The Morgan fingerprint density at radius 1 is 1.38 bits per heavy atom. The van der Waals surface area contributed by atoms with Crippen molar-refractivity contribution >= 4 is 11.8 Å². The van der Waals surface area contributed by atoms with Gasteiger partial charge in [0, 0.05) is 26.1 Å². The number of carbonyl (C=O) groups excluding carboxylic acids is 2. The van der Waals surface area contributed by atoms with Crippen LogP contribution in [0.1, 0.15) is 49.7 Å². The fourth-order valence-corrected chi connectivity index (χ4v) is 2.01. The number of aryl methyl sites for hydroxylation is 1. The molecular formula is C16H26N2O3. The van der Waals surface area contributed by atoms with E-state index in [0.29, 0.717) is 43.3 Å². The van der Waals surface area contributed by atoms with Crippen LogP contribution in [0.4, 0.5) is 0 Å². The maximum absolute atomic E-state index is 12.3. The second-order valence-electron chi connectivity index (χ2n) is 5.56. The summed E-state index contributed by atoms with van der Waals surface area (Å²) in [5.74, 6) is 1.09. The zero-order valence-corrected chi connectivity index (χ0v) is 13.4. The van der Waals surface area contributed by atoms with Gasteiger partial charge in [-0.3, -0.25) is 9.59 Å². The predicted molar refractivity (Wildman–Crippen MR) is 82.1 cm³/mol. The van der Waals surface area contributed by atoms with Crippen LogP contribution in [0.3, 0.4) is 0 Å². The summed E-state index contributed by atoms with van der Waals surface area (Å²) in [5.41, 5.74) is 0.567. The normalized spacial score (nSPS) is 10.7. The van der Waals surface area contributed by atoms with E-state index in [-0.39, 0.29) is 11.8 Å². The standard InChI is InChI=1S/C16H26N2O3/c1-5-18(16(20)14-8-11-21-13(14)4)10-7-15(19)17-9-6-12(2)3/h8,11-12H,5-7,9-10H2,1-4H3,(H,17,19). The van der Waals surface area contributed by atoms with Crippen molar-refractivity contribution < 1.29 is 14.0 Å². The molecule has 0 aliphatic rings. The average Bonchev–Trinajstić information content (AvgIpc) is 2.85. The molecule has 0 spiro atoms. The number of amides is 2. The Hall–Kier alpha value is -1.78. The fourth-order valence-electron chi connectivity index (χ4n) is 2.01. The van der Waals surface area contributed by atoms with Crippen LogP contribution in [-0.2, 0) is 4.79 Å². The highest BCUT2D eigenvalue weighted by atomic mass is 16.3. The first kappa shape index (κ1) is 17.3. The van der Waals surface area contributed by atoms with E-state index < -0.39 is 0 Å². The monoisotopic (exact) mass is 294 g/mol. The molecule has 1 aromatic rings. The Balaban J connectivity index is 2.42. The Morgan fingerprint density at radius 2 is 2.10 bits per heavy atom. The zero-order valence-electron chi connectivity index (χ0n) is 13.4. The molecule has 1 heterocycles. The van der Waals surface area contributed by atoms with E-state index in [4.69, 9.17) is 4.42 Å². The molecule has 0 bridgehead atoms. The maximum atomic E-state index is 12.3. The van der Waals surface area contributed by atoms with E-state index in [1.54, 1.807) is 17.9 Å². The molecule has 5 nitrogen and oxygen atoms in total. The van der Waals surface area contributed by atoms with Crippen LogP contribution in [0.5, 0.6) is 0 Å². The van der Waals surface area contributed by atoms with Gasteiger partial charge in [0.1, 0.15) is 5.76 Å². The van der Waals surface area contributed by atoms with Crippen molar-refractivity contribution in [2.45, 2.75) is 40.5 Å². The number of nitrogens with zero attached hydrogens (tertiary/aromatic N) is 1. The first-order valence-corrected chi connectivity index (χ1v) is 7.55. The van der Waals surface area contributed by atoms with Crippen molar-refractivity contribution in [1.29, 1.82) is 0 Å². The maximum Gasteiger partial charge on any atom is 0.257 e. The summed E-state index contributed by atoms with van der Waals surface area (Å²) in [6, 6.07) is 1.67. The van der Waals surface area contributed by atoms with E-state index >= 15 is 0 Å². The van der Waals surface area contributed by atoms with E-state index in [2.05, 4.69) is 19.2 Å². The van der Waals surface area contributed by atoms with Gasteiger partial charge >= 0.3 is 0 Å². The Kier molecular flexibility index (Phi) is 6.99. The molecule has 5 heteroatoms. The van der Waals surface area contributed by atoms with Crippen LogP contribution in [0, 0.1) is 12.8 Å². The van der Waals surface area contributed by atoms with E-state index in [0.717, 1.165) is 6.42 Å². The highest BCUT2D eigenvalue weighted by Gasteiger charge is 2.18. The van der Waals surface area contributed by atoms with Gasteiger partial charge in [-0.05, 0) is 32.3 Å². The minimum absolute atomic E-state index is 0.00850. The second-order valence-corrected chi connectivity index (χ2v) is 5.56. The third-order valence-electron chi connectivity index (χ3n) is 3.41. The molecule has 0 aliphatic carbocycles. The lowest BCUT2D eigenvalue weighted by atomic mass is 10.1. The van der Waals surface area contributed by atoms with Crippen LogP contribution in [-0.4, -0.2) is 36.3 Å². The SMILES string of the molecule is CCN(CCC(=O)NCCC(C)C)C(=O)c1ccoc1C. The Labute approximate surface area is 126 Å². The number of furan rings is 1. The largest absolute Gasteiger partial charge is 0.469 e. The van der Waals surface area contributed by atoms with Gasteiger partial charge in [0.25, 0.3) is 5.91 Å². The smallest absolute Gasteiger partial charge is 0.257 e. The molecule has 0 aromatic carbocycles. The van der Waals surface area contributed by atoms with Crippen LogP contribution in [0.2, 0.25) is 0 Å². The molecule has 0 radical (unpaired) electrons. The molecule has 0 fully saturated rings. The highest BCUT2D eigenvalue weighted by molar-refractivity contribution is 5.95. The van der Waals surface area contributed by atoms with Crippen LogP contribution in [0.25, 0.3) is 0 Å². The van der Waals surface area contributed by atoms with Crippen molar-refractivity contribution in [3.05, 3.63) is 23.7 Å². The molecule has 0 atom stereocenters. The minimum atomic E-state index is -0.0845. The van der Waals surface area contributed by atoms with Gasteiger partial charge in [-0.1, -0.05) is 13.8 Å². The lowest BCUT2D eigenvalue weighted by Gasteiger charge is -2.20. The molecule has 118 valence electrons. The summed E-state index contributed by atoms with van der Waals surface area (Å²) in [6.07, 6.45) is 2.81. The van der Waals surface area contributed by atoms with Gasteiger partial charge < -0.3 is 14.6 Å². The van der Waals surface area contributed by atoms with E-state index in [1.807, 2.05) is 6.92 Å². The van der Waals surface area contributed by atoms with Crippen molar-refractivity contribution in [3.63, 3.8) is 0 Å². The van der Waals surface area contributed by atoms with Gasteiger partial charge in [0.2, 0.25) is 5.91 Å². The Bertz CT molecular complexity index is 466. The number of hydrogen-bond acceptors (Lipinski definition) is 3. The predicted octanol–water partition coefficient (Wildman–Crippen LogP) is 2.60. The number of carbonyl (C=O) groups is 2. The fraction of sp³-hybridized carbons (Fsp3) is 0.625. The molecule has 21 heavy (non-hydrogen) atoms. The van der Waals surface area contributed by atoms with Gasteiger partial charge in [0.15, 0.2) is 0 Å². The summed E-state index contributed by atoms with van der Waals surface area (Å²) in [6.45, 7) is 9.60. The Morgan fingerprint density at radius 3 is 2.62 bits per heavy atom. The van der Waals surface area contributed by atoms with Crippen molar-refractivity contribution in [2.75, 3.05) is 19.6 Å². The van der Waals surface area contributed by atoms with Crippen LogP contribution < -0.4 is 5.32 Å². The van der Waals surface area contributed by atoms with Crippen LogP contribution >= 0.6 is 0 Å². The summed E-state index contributed by atoms with van der Waals surface area (Å²) in [7, 11) is 0. The topological polar surface area (TPSA) is 62.6 Å². The lowest BCUT2D eigenvalue weighted by Crippen LogP contribution is -2.35. The average molecular weight is 294 g/mol. The molecule has 0 saturated carbocycles. The summed E-state index contributed by atoms with van der Waals surface area (Å²) >= 11 is 0. The molecule has 1 N–H and O–H groups in total. The van der Waals surface area contributed by atoms with Crippen molar-refractivity contribution in [2.24, 2.45) is 5.92 Å². The van der Waals surface area contributed by atoms with Gasteiger partial charge in [-0.2, -0.15) is 0 Å². The summed E-state index contributed by atoms with van der Waals surface area (Å²) in [5, 5.41) is 2.88. The number of rotatable bonds is 8. The van der Waals surface area contributed by atoms with Gasteiger partial charge in [-0.15, -0.1) is 0 Å². The third kappa shape index (κ3) is 5.61. The molecule has 2 amide bonds. The summed E-state index contributed by atoms with van der Waals surface area (Å²) < 4.78 is 5.15. The molecule has 0 saturated heterocycles. The molecule has 0 unspecified atom stereocenters. The first-order chi connectivity index (χ1) is 9.95. The first-order valence-electron chi connectivity index (χ1n) is 7.55. The minimum Gasteiger partial charge on any atom is -0.469 e. The summed E-state index contributed by atoms with van der Waals surface area (Å²) in [4.78, 5) is 25.7. The van der Waals surface area contributed by atoms with Crippen molar-refractivity contribution in [1.82, 2.24) is 10.2 Å². The molecule has 1 aromatic heterocycles. The van der Waals surface area contributed by atoms with Crippen molar-refractivity contribution in [3.8, 4) is 0 Å². The number of nitrogens with one attached hydrogen (secondary N) is 1. The lowest BCUT2D eigenvalue weighted by molar-refractivity contribution is -0.121. The van der Waals surface area contributed by atoms with Crippen LogP contribution in [0.15, 0.2) is 16.7 Å².